The molecule has 0 saturated carbocycles. The molecular formula is C14H15NO. The first kappa shape index (κ1) is 10.8. The summed E-state index contributed by atoms with van der Waals surface area (Å²) < 4.78 is 0. The minimum Gasteiger partial charge on any atom is -0.294 e. The molecule has 1 heterocycles. The minimum absolute atomic E-state index is 0.235. The van der Waals surface area contributed by atoms with Crippen molar-refractivity contribution >= 4 is 16.6 Å². The van der Waals surface area contributed by atoms with Crippen molar-refractivity contribution in [3.8, 4) is 0 Å². The molecule has 0 N–H and O–H groups in total. The second-order valence-electron chi connectivity index (χ2n) is 3.93. The average molecular weight is 213 g/mol. The van der Waals surface area contributed by atoms with Gasteiger partial charge in [-0.3, -0.25) is 9.78 Å². The molecule has 82 valence electrons. The predicted molar refractivity (Wildman–Crippen MR) is 65.6 cm³/mol. The van der Waals surface area contributed by atoms with Gasteiger partial charge in [0.25, 0.3) is 0 Å². The Morgan fingerprint density at radius 1 is 1.31 bits per heavy atom. The number of aromatic nitrogens is 1. The largest absolute Gasteiger partial charge is 0.294 e. The summed E-state index contributed by atoms with van der Waals surface area (Å²) >= 11 is 0. The highest BCUT2D eigenvalue weighted by Gasteiger charge is 2.08. The predicted octanol–water partition coefficient (Wildman–Crippen LogP) is 3.61. The number of Topliss-reactive ketones (excluding diaryl/α,β-unsaturated/α-hetero) is 1. The Hall–Kier alpha value is -1.70. The number of pyridine rings is 1. The number of carbonyl (C=O) groups excluding carboxylic acids is 1. The molecule has 0 aliphatic rings. The molecule has 0 fully saturated rings. The number of rotatable bonds is 4. The van der Waals surface area contributed by atoms with E-state index in [0.717, 1.165) is 29.2 Å². The molecule has 1 aromatic carbocycles. The van der Waals surface area contributed by atoms with Crippen LogP contribution in [0.4, 0.5) is 0 Å². The van der Waals surface area contributed by atoms with Crippen LogP contribution in [-0.4, -0.2) is 10.8 Å². The van der Waals surface area contributed by atoms with Crippen molar-refractivity contribution in [2.24, 2.45) is 0 Å². The molecule has 0 aliphatic heterocycles. The molecule has 2 heteroatoms. The lowest BCUT2D eigenvalue weighted by molar-refractivity contribution is 0.0981. The van der Waals surface area contributed by atoms with Crippen LogP contribution in [-0.2, 0) is 0 Å². The number of carbonyl (C=O) groups is 1. The first-order chi connectivity index (χ1) is 7.83. The van der Waals surface area contributed by atoms with E-state index in [1.54, 1.807) is 12.4 Å². The van der Waals surface area contributed by atoms with Gasteiger partial charge < -0.3 is 0 Å². The molecule has 0 unspecified atom stereocenters. The van der Waals surface area contributed by atoms with E-state index in [2.05, 4.69) is 11.9 Å². The van der Waals surface area contributed by atoms with Gasteiger partial charge in [-0.2, -0.15) is 0 Å². The molecule has 0 aliphatic carbocycles. The first-order valence-electron chi connectivity index (χ1n) is 5.69. The second-order valence-corrected chi connectivity index (χ2v) is 3.93. The summed E-state index contributed by atoms with van der Waals surface area (Å²) in [5.74, 6) is 0.235. The fraction of sp³-hybridized carbons (Fsp3) is 0.286. The van der Waals surface area contributed by atoms with Gasteiger partial charge in [0, 0.05) is 29.8 Å². The number of hydrogen-bond donors (Lipinski definition) is 0. The standard InChI is InChI=1S/C14H15NO/c1-2-3-7-14(16)13-6-4-5-11-10-15-9-8-12(11)13/h4-6,8-10H,2-3,7H2,1H3. The Balaban J connectivity index is 2.40. The molecule has 16 heavy (non-hydrogen) atoms. The van der Waals surface area contributed by atoms with Crippen LogP contribution < -0.4 is 0 Å². The van der Waals surface area contributed by atoms with Gasteiger partial charge in [-0.1, -0.05) is 31.5 Å². The van der Waals surface area contributed by atoms with Crippen molar-refractivity contribution in [2.75, 3.05) is 0 Å². The number of unbranched alkanes of at least 4 members (excludes halogenated alkanes) is 1. The topological polar surface area (TPSA) is 30.0 Å². The van der Waals surface area contributed by atoms with Crippen molar-refractivity contribution in [1.29, 1.82) is 0 Å². The Labute approximate surface area is 95.3 Å². The van der Waals surface area contributed by atoms with Gasteiger partial charge in [-0.05, 0) is 17.9 Å². The van der Waals surface area contributed by atoms with E-state index in [9.17, 15) is 4.79 Å². The smallest absolute Gasteiger partial charge is 0.163 e. The summed E-state index contributed by atoms with van der Waals surface area (Å²) in [5.41, 5.74) is 0.827. The zero-order valence-electron chi connectivity index (χ0n) is 9.44. The van der Waals surface area contributed by atoms with Crippen molar-refractivity contribution in [3.63, 3.8) is 0 Å². The van der Waals surface area contributed by atoms with E-state index in [1.165, 1.54) is 0 Å². The molecule has 0 saturated heterocycles. The molecule has 0 radical (unpaired) electrons. The summed E-state index contributed by atoms with van der Waals surface area (Å²) in [6, 6.07) is 7.72. The van der Waals surface area contributed by atoms with Crippen LogP contribution in [0.3, 0.4) is 0 Å². The summed E-state index contributed by atoms with van der Waals surface area (Å²) in [6.07, 6.45) is 6.18. The third-order valence-electron chi connectivity index (χ3n) is 2.74. The van der Waals surface area contributed by atoms with Crippen molar-refractivity contribution in [2.45, 2.75) is 26.2 Å². The molecule has 2 nitrogen and oxygen atoms in total. The minimum atomic E-state index is 0.235. The zero-order valence-corrected chi connectivity index (χ0v) is 9.44. The lowest BCUT2D eigenvalue weighted by atomic mass is 10.00. The van der Waals surface area contributed by atoms with Crippen molar-refractivity contribution < 1.29 is 4.79 Å². The van der Waals surface area contributed by atoms with E-state index in [-0.39, 0.29) is 5.78 Å². The van der Waals surface area contributed by atoms with Crippen LogP contribution in [0.15, 0.2) is 36.7 Å². The molecule has 2 rings (SSSR count). The Kier molecular flexibility index (Phi) is 3.30. The second kappa shape index (κ2) is 4.88. The molecule has 0 spiro atoms. The number of hydrogen-bond acceptors (Lipinski definition) is 2. The average Bonchev–Trinajstić information content (AvgIpc) is 2.35. The van der Waals surface area contributed by atoms with E-state index >= 15 is 0 Å². The van der Waals surface area contributed by atoms with Crippen LogP contribution in [0.2, 0.25) is 0 Å². The maximum absolute atomic E-state index is 12.0. The summed E-state index contributed by atoms with van der Waals surface area (Å²) in [6.45, 7) is 2.10. The van der Waals surface area contributed by atoms with Gasteiger partial charge in [0.1, 0.15) is 0 Å². The number of nitrogens with zero attached hydrogens (tertiary/aromatic N) is 1. The Bertz CT molecular complexity index is 500. The SMILES string of the molecule is CCCCC(=O)c1cccc2cnccc12. The first-order valence-corrected chi connectivity index (χ1v) is 5.69. The van der Waals surface area contributed by atoms with E-state index in [4.69, 9.17) is 0 Å². The van der Waals surface area contributed by atoms with Crippen LogP contribution in [0.25, 0.3) is 10.8 Å². The molecule has 2 aromatic rings. The zero-order chi connectivity index (χ0) is 11.4. The highest BCUT2D eigenvalue weighted by atomic mass is 16.1. The summed E-state index contributed by atoms with van der Waals surface area (Å²) in [4.78, 5) is 16.1. The van der Waals surface area contributed by atoms with Gasteiger partial charge in [-0.15, -0.1) is 0 Å². The van der Waals surface area contributed by atoms with Gasteiger partial charge in [-0.25, -0.2) is 0 Å². The van der Waals surface area contributed by atoms with Gasteiger partial charge >= 0.3 is 0 Å². The van der Waals surface area contributed by atoms with Crippen molar-refractivity contribution in [3.05, 3.63) is 42.2 Å². The van der Waals surface area contributed by atoms with Crippen molar-refractivity contribution in [1.82, 2.24) is 4.98 Å². The molecule has 0 amide bonds. The third-order valence-corrected chi connectivity index (χ3v) is 2.74. The van der Waals surface area contributed by atoms with E-state index in [0.29, 0.717) is 6.42 Å². The van der Waals surface area contributed by atoms with Gasteiger partial charge in [0.15, 0.2) is 5.78 Å². The molecule has 0 atom stereocenters. The lowest BCUT2D eigenvalue weighted by Gasteiger charge is -2.04. The number of fused-ring (bicyclic) bond motifs is 1. The highest BCUT2D eigenvalue weighted by Crippen LogP contribution is 2.19. The molecule has 1 aromatic heterocycles. The monoisotopic (exact) mass is 213 g/mol. The normalized spacial score (nSPS) is 10.6. The Morgan fingerprint density at radius 2 is 2.19 bits per heavy atom. The van der Waals surface area contributed by atoms with E-state index in [1.807, 2.05) is 24.3 Å². The number of benzene rings is 1. The Morgan fingerprint density at radius 3 is 3.00 bits per heavy atom. The summed E-state index contributed by atoms with van der Waals surface area (Å²) in [7, 11) is 0. The molecular weight excluding hydrogens is 198 g/mol. The maximum Gasteiger partial charge on any atom is 0.163 e. The van der Waals surface area contributed by atoms with Crippen LogP contribution in [0.5, 0.6) is 0 Å². The number of ketones is 1. The van der Waals surface area contributed by atoms with Crippen LogP contribution >= 0.6 is 0 Å². The van der Waals surface area contributed by atoms with Gasteiger partial charge in [0.05, 0.1) is 0 Å². The highest BCUT2D eigenvalue weighted by molar-refractivity contribution is 6.07. The summed E-state index contributed by atoms with van der Waals surface area (Å²) in [5, 5.41) is 2.04. The van der Waals surface area contributed by atoms with Crippen LogP contribution in [0, 0.1) is 0 Å². The lowest BCUT2D eigenvalue weighted by Crippen LogP contribution is -1.99. The van der Waals surface area contributed by atoms with Crippen LogP contribution in [0.1, 0.15) is 36.5 Å². The fourth-order valence-corrected chi connectivity index (χ4v) is 1.84. The maximum atomic E-state index is 12.0. The quantitative estimate of drug-likeness (QED) is 0.726. The fourth-order valence-electron chi connectivity index (χ4n) is 1.84. The van der Waals surface area contributed by atoms with Gasteiger partial charge in [0.2, 0.25) is 0 Å². The van der Waals surface area contributed by atoms with E-state index < -0.39 is 0 Å². The third kappa shape index (κ3) is 2.11. The molecule has 0 bridgehead atoms.